The zero-order valence-electron chi connectivity index (χ0n) is 11.9. The van der Waals surface area contributed by atoms with E-state index in [2.05, 4.69) is 15.8 Å². The summed E-state index contributed by atoms with van der Waals surface area (Å²) in [7, 11) is 0. The highest BCUT2D eigenvalue weighted by Crippen LogP contribution is 2.14. The Labute approximate surface area is 126 Å². The predicted molar refractivity (Wildman–Crippen MR) is 76.0 cm³/mol. The van der Waals surface area contributed by atoms with Crippen molar-refractivity contribution in [3.05, 3.63) is 24.2 Å². The van der Waals surface area contributed by atoms with E-state index in [9.17, 15) is 14.4 Å². The summed E-state index contributed by atoms with van der Waals surface area (Å²) in [5.41, 5.74) is 2.46. The number of amides is 3. The number of carbonyl (C=O) groups excluding carboxylic acids is 3. The van der Waals surface area contributed by atoms with Crippen molar-refractivity contribution in [1.82, 2.24) is 15.6 Å². The normalized spacial score (nSPS) is 18.8. The summed E-state index contributed by atoms with van der Waals surface area (Å²) in [6, 6.07) is 3.29. The molecule has 2 aliphatic heterocycles. The van der Waals surface area contributed by atoms with Gasteiger partial charge in [0.1, 0.15) is 5.71 Å². The number of piperidine rings is 1. The molecular weight excluding hydrogens is 288 g/mol. The van der Waals surface area contributed by atoms with Gasteiger partial charge in [-0.2, -0.15) is 5.10 Å². The van der Waals surface area contributed by atoms with Crippen molar-refractivity contribution < 1.29 is 18.8 Å². The van der Waals surface area contributed by atoms with E-state index < -0.39 is 0 Å². The maximum atomic E-state index is 12.1. The second-order valence-electron chi connectivity index (χ2n) is 5.29. The molecule has 8 nitrogen and oxygen atoms in total. The predicted octanol–water partition coefficient (Wildman–Crippen LogP) is -0.124. The molecule has 0 radical (unpaired) electrons. The lowest BCUT2D eigenvalue weighted by molar-refractivity contribution is -0.120. The highest BCUT2D eigenvalue weighted by atomic mass is 16.3. The molecule has 0 aliphatic carbocycles. The van der Waals surface area contributed by atoms with E-state index in [4.69, 9.17) is 4.42 Å². The molecule has 0 unspecified atom stereocenters. The third-order valence-electron chi connectivity index (χ3n) is 3.76. The summed E-state index contributed by atoms with van der Waals surface area (Å²) in [5.74, 6) is -0.407. The smallest absolute Gasteiger partial charge is 0.289 e. The highest BCUT2D eigenvalue weighted by molar-refractivity contribution is 6.43. The quantitative estimate of drug-likeness (QED) is 0.812. The molecule has 1 aromatic heterocycles. The number of rotatable bonds is 3. The summed E-state index contributed by atoms with van der Waals surface area (Å²) in [6.07, 6.45) is 2.80. The van der Waals surface area contributed by atoms with Gasteiger partial charge in [0.25, 0.3) is 11.8 Å². The fraction of sp³-hybridized carbons (Fsp3) is 0.429. The molecule has 2 N–H and O–H groups in total. The van der Waals surface area contributed by atoms with Crippen LogP contribution in [-0.4, -0.2) is 47.5 Å². The molecule has 0 saturated carbocycles. The van der Waals surface area contributed by atoms with Gasteiger partial charge in [0.15, 0.2) is 5.76 Å². The Morgan fingerprint density at radius 1 is 1.36 bits per heavy atom. The van der Waals surface area contributed by atoms with E-state index in [-0.39, 0.29) is 35.9 Å². The van der Waals surface area contributed by atoms with Crippen LogP contribution in [0.3, 0.4) is 0 Å². The molecule has 8 heteroatoms. The first kappa shape index (κ1) is 14.3. The maximum absolute atomic E-state index is 12.1. The third-order valence-corrected chi connectivity index (χ3v) is 3.76. The highest BCUT2D eigenvalue weighted by Gasteiger charge is 2.28. The van der Waals surface area contributed by atoms with Crippen LogP contribution in [0, 0.1) is 0 Å². The number of hydrazone groups is 1. The van der Waals surface area contributed by atoms with Gasteiger partial charge >= 0.3 is 0 Å². The molecule has 1 aromatic rings. The van der Waals surface area contributed by atoms with E-state index in [1.54, 1.807) is 17.0 Å². The van der Waals surface area contributed by atoms with Gasteiger partial charge in [-0.25, -0.2) is 5.43 Å². The Hall–Kier alpha value is -2.64. The minimum Gasteiger partial charge on any atom is -0.459 e. The van der Waals surface area contributed by atoms with Gasteiger partial charge < -0.3 is 14.6 Å². The molecule has 0 spiro atoms. The van der Waals surface area contributed by atoms with Crippen LogP contribution in [0.15, 0.2) is 27.9 Å². The minimum atomic E-state index is -0.325. The first-order chi connectivity index (χ1) is 10.6. The van der Waals surface area contributed by atoms with E-state index >= 15 is 0 Å². The topological polar surface area (TPSA) is 104 Å². The van der Waals surface area contributed by atoms with Gasteiger partial charge in [0.05, 0.1) is 12.7 Å². The van der Waals surface area contributed by atoms with Crippen molar-refractivity contribution in [2.45, 2.75) is 25.3 Å². The molecule has 0 atom stereocenters. The zero-order chi connectivity index (χ0) is 15.5. The van der Waals surface area contributed by atoms with Crippen molar-refractivity contribution in [3.8, 4) is 0 Å². The number of nitrogens with one attached hydrogen (secondary N) is 2. The number of hydrogen-bond donors (Lipinski definition) is 2. The Balaban J connectivity index is 1.49. The van der Waals surface area contributed by atoms with E-state index in [0.29, 0.717) is 31.7 Å². The van der Waals surface area contributed by atoms with Crippen LogP contribution in [0.5, 0.6) is 0 Å². The Morgan fingerprint density at radius 3 is 2.73 bits per heavy atom. The lowest BCUT2D eigenvalue weighted by atomic mass is 10.0. The molecular formula is C14H16N4O4. The molecule has 3 rings (SSSR count). The average Bonchev–Trinajstić information content (AvgIpc) is 3.18. The lowest BCUT2D eigenvalue weighted by Gasteiger charge is -2.31. The fourth-order valence-electron chi connectivity index (χ4n) is 2.54. The monoisotopic (exact) mass is 304 g/mol. The van der Waals surface area contributed by atoms with Gasteiger partial charge in [0.2, 0.25) is 5.91 Å². The molecule has 0 bridgehead atoms. The van der Waals surface area contributed by atoms with Gasteiger partial charge in [-0.3, -0.25) is 14.4 Å². The van der Waals surface area contributed by atoms with E-state index in [0.717, 1.165) is 0 Å². The van der Waals surface area contributed by atoms with Crippen molar-refractivity contribution in [2.24, 2.45) is 5.10 Å². The minimum absolute atomic E-state index is 0.0155. The molecule has 3 heterocycles. The van der Waals surface area contributed by atoms with Gasteiger partial charge in [-0.15, -0.1) is 0 Å². The molecule has 1 fully saturated rings. The summed E-state index contributed by atoms with van der Waals surface area (Å²) < 4.78 is 5.10. The Bertz CT molecular complexity index is 615. The zero-order valence-corrected chi connectivity index (χ0v) is 11.9. The summed E-state index contributed by atoms with van der Waals surface area (Å²) >= 11 is 0. The Kier molecular flexibility index (Phi) is 3.90. The summed E-state index contributed by atoms with van der Waals surface area (Å²) in [5, 5.41) is 6.54. The number of hydrogen-bond acceptors (Lipinski definition) is 5. The van der Waals surface area contributed by atoms with Crippen LogP contribution in [0.4, 0.5) is 0 Å². The molecule has 2 aliphatic rings. The molecule has 22 heavy (non-hydrogen) atoms. The van der Waals surface area contributed by atoms with E-state index in [1.165, 1.54) is 6.26 Å². The van der Waals surface area contributed by atoms with Crippen molar-refractivity contribution in [3.63, 3.8) is 0 Å². The van der Waals surface area contributed by atoms with Crippen LogP contribution >= 0.6 is 0 Å². The number of nitrogens with zero attached hydrogens (tertiary/aromatic N) is 2. The molecule has 1 saturated heterocycles. The van der Waals surface area contributed by atoms with Crippen LogP contribution in [0.1, 0.15) is 29.8 Å². The van der Waals surface area contributed by atoms with Crippen LogP contribution < -0.4 is 10.7 Å². The lowest BCUT2D eigenvalue weighted by Crippen LogP contribution is -2.47. The second-order valence-corrected chi connectivity index (χ2v) is 5.29. The first-order valence-corrected chi connectivity index (χ1v) is 7.12. The van der Waals surface area contributed by atoms with Crippen molar-refractivity contribution >= 4 is 23.4 Å². The number of carbonyl (C=O) groups is 3. The molecule has 116 valence electrons. The fourth-order valence-corrected chi connectivity index (χ4v) is 2.54. The van der Waals surface area contributed by atoms with Crippen LogP contribution in [0.2, 0.25) is 0 Å². The van der Waals surface area contributed by atoms with Crippen molar-refractivity contribution in [2.75, 3.05) is 13.1 Å². The van der Waals surface area contributed by atoms with Gasteiger partial charge in [0, 0.05) is 19.1 Å². The Morgan fingerprint density at radius 2 is 2.14 bits per heavy atom. The first-order valence-electron chi connectivity index (χ1n) is 7.12. The SMILES string of the molecule is O=C1CC(C(=O)NC2CCN(C(=O)c3ccco3)CC2)=NN1. The molecule has 0 aromatic carbocycles. The number of furan rings is 1. The van der Waals surface area contributed by atoms with Gasteiger partial charge in [-0.05, 0) is 25.0 Å². The van der Waals surface area contributed by atoms with E-state index in [1.807, 2.05) is 0 Å². The number of likely N-dealkylation sites (tertiary alicyclic amines) is 1. The third kappa shape index (κ3) is 3.00. The van der Waals surface area contributed by atoms with Gasteiger partial charge in [-0.1, -0.05) is 0 Å². The summed E-state index contributed by atoms with van der Waals surface area (Å²) in [6.45, 7) is 1.10. The summed E-state index contributed by atoms with van der Waals surface area (Å²) in [4.78, 5) is 36.8. The average molecular weight is 304 g/mol. The van der Waals surface area contributed by atoms with Crippen LogP contribution in [-0.2, 0) is 9.59 Å². The molecule has 3 amide bonds. The van der Waals surface area contributed by atoms with Crippen molar-refractivity contribution in [1.29, 1.82) is 0 Å². The largest absolute Gasteiger partial charge is 0.459 e. The standard InChI is InChI=1S/C14H16N4O4/c19-12-8-10(16-17-12)13(20)15-9-3-5-18(6-4-9)14(21)11-2-1-7-22-11/h1-2,7,9H,3-6,8H2,(H,15,20)(H,17,19). The maximum Gasteiger partial charge on any atom is 0.289 e. The second kappa shape index (κ2) is 6.00. The van der Waals surface area contributed by atoms with Crippen LogP contribution in [0.25, 0.3) is 0 Å².